The standard InChI is InChI=1S/C19H22N6O3/c26-14-5-4-12(16(27)23-14)22-18-20-9-11-8-13-17(28)21-10-19(6-2-1-3-7-19)25(13)15(11)24-18/h8-9,12H,1-7,10H2,(H,21,28)(H,20,22,24)(H,23,26,27)/t12-/m0/s1. The van der Waals surface area contributed by atoms with Gasteiger partial charge in [0.15, 0.2) is 0 Å². The molecule has 2 aromatic heterocycles. The molecule has 0 aromatic carbocycles. The van der Waals surface area contributed by atoms with E-state index >= 15 is 0 Å². The fourth-order valence-electron chi connectivity index (χ4n) is 4.72. The van der Waals surface area contributed by atoms with Gasteiger partial charge in [0.25, 0.3) is 5.91 Å². The van der Waals surface area contributed by atoms with E-state index in [0.717, 1.165) is 36.7 Å². The van der Waals surface area contributed by atoms with Crippen LogP contribution in [-0.4, -0.2) is 44.8 Å². The number of imide groups is 1. The van der Waals surface area contributed by atoms with Crippen LogP contribution in [0.15, 0.2) is 12.3 Å². The quantitative estimate of drug-likeness (QED) is 0.668. The Hall–Kier alpha value is -2.97. The zero-order valence-electron chi connectivity index (χ0n) is 15.5. The Bertz CT molecular complexity index is 991. The largest absolute Gasteiger partial charge is 0.348 e. The third-order valence-electron chi connectivity index (χ3n) is 6.15. The van der Waals surface area contributed by atoms with Crippen molar-refractivity contribution in [2.45, 2.75) is 56.5 Å². The maximum Gasteiger partial charge on any atom is 0.268 e. The summed E-state index contributed by atoms with van der Waals surface area (Å²) < 4.78 is 2.09. The molecule has 3 amide bonds. The van der Waals surface area contributed by atoms with Crippen molar-refractivity contribution >= 4 is 34.7 Å². The number of nitrogens with zero attached hydrogens (tertiary/aromatic N) is 3. The van der Waals surface area contributed by atoms with Gasteiger partial charge < -0.3 is 15.2 Å². The van der Waals surface area contributed by atoms with Crippen LogP contribution in [0.4, 0.5) is 5.95 Å². The fourth-order valence-corrected chi connectivity index (χ4v) is 4.72. The van der Waals surface area contributed by atoms with Gasteiger partial charge in [-0.1, -0.05) is 19.3 Å². The Morgan fingerprint density at radius 1 is 1.18 bits per heavy atom. The van der Waals surface area contributed by atoms with Gasteiger partial charge >= 0.3 is 0 Å². The van der Waals surface area contributed by atoms with Crippen molar-refractivity contribution in [2.75, 3.05) is 11.9 Å². The molecule has 1 aliphatic carbocycles. The molecule has 1 saturated carbocycles. The van der Waals surface area contributed by atoms with Crippen molar-refractivity contribution in [3.8, 4) is 0 Å². The number of anilines is 1. The number of hydrogen-bond acceptors (Lipinski definition) is 6. The van der Waals surface area contributed by atoms with Gasteiger partial charge in [-0.05, 0) is 25.3 Å². The summed E-state index contributed by atoms with van der Waals surface area (Å²) >= 11 is 0. The van der Waals surface area contributed by atoms with Crippen molar-refractivity contribution < 1.29 is 14.4 Å². The second kappa shape index (κ2) is 6.29. The Kier molecular flexibility index (Phi) is 3.85. The summed E-state index contributed by atoms with van der Waals surface area (Å²) in [6.07, 6.45) is 7.85. The van der Waals surface area contributed by atoms with Crippen molar-refractivity contribution in [1.82, 2.24) is 25.2 Å². The first-order valence-electron chi connectivity index (χ1n) is 9.83. The van der Waals surface area contributed by atoms with Gasteiger partial charge in [-0.2, -0.15) is 4.98 Å². The van der Waals surface area contributed by atoms with E-state index in [9.17, 15) is 14.4 Å². The molecule has 3 aliphatic rings. The van der Waals surface area contributed by atoms with E-state index in [-0.39, 0.29) is 29.7 Å². The Balaban J connectivity index is 1.55. The average molecular weight is 382 g/mol. The van der Waals surface area contributed by atoms with E-state index in [1.807, 2.05) is 6.07 Å². The predicted octanol–water partition coefficient (Wildman–Crippen LogP) is 1.05. The topological polar surface area (TPSA) is 118 Å². The third-order valence-corrected chi connectivity index (χ3v) is 6.15. The number of aromatic nitrogens is 3. The van der Waals surface area contributed by atoms with Crippen LogP contribution < -0.4 is 16.0 Å². The van der Waals surface area contributed by atoms with Gasteiger partial charge in [0, 0.05) is 24.5 Å². The highest BCUT2D eigenvalue weighted by molar-refractivity contribution is 6.01. The van der Waals surface area contributed by atoms with Gasteiger partial charge in [-0.15, -0.1) is 0 Å². The van der Waals surface area contributed by atoms with E-state index in [1.165, 1.54) is 6.42 Å². The summed E-state index contributed by atoms with van der Waals surface area (Å²) in [5.74, 6) is -0.376. The lowest BCUT2D eigenvalue weighted by molar-refractivity contribution is -0.133. The molecule has 0 unspecified atom stereocenters. The highest BCUT2D eigenvalue weighted by atomic mass is 16.2. The molecule has 9 nitrogen and oxygen atoms in total. The lowest BCUT2D eigenvalue weighted by Crippen LogP contribution is -2.52. The highest BCUT2D eigenvalue weighted by Gasteiger charge is 2.41. The number of amides is 3. The van der Waals surface area contributed by atoms with E-state index in [4.69, 9.17) is 0 Å². The monoisotopic (exact) mass is 382 g/mol. The van der Waals surface area contributed by atoms with Crippen LogP contribution in [0.5, 0.6) is 0 Å². The second-order valence-electron chi connectivity index (χ2n) is 7.95. The second-order valence-corrected chi connectivity index (χ2v) is 7.95. The number of rotatable bonds is 2. The summed E-state index contributed by atoms with van der Waals surface area (Å²) in [7, 11) is 0. The van der Waals surface area contributed by atoms with Crippen LogP contribution in [0.2, 0.25) is 0 Å². The molecule has 2 fully saturated rings. The molecular formula is C19H22N6O3. The minimum absolute atomic E-state index is 0.0890. The van der Waals surface area contributed by atoms with Crippen molar-refractivity contribution in [3.63, 3.8) is 0 Å². The number of carbonyl (C=O) groups is 3. The number of hydrogen-bond donors (Lipinski definition) is 3. The van der Waals surface area contributed by atoms with Crippen LogP contribution in [-0.2, 0) is 15.1 Å². The van der Waals surface area contributed by atoms with Crippen molar-refractivity contribution in [3.05, 3.63) is 18.0 Å². The Morgan fingerprint density at radius 2 is 2.00 bits per heavy atom. The highest BCUT2D eigenvalue weighted by Crippen LogP contribution is 2.40. The van der Waals surface area contributed by atoms with Crippen LogP contribution in [0, 0.1) is 0 Å². The van der Waals surface area contributed by atoms with Crippen LogP contribution in [0.1, 0.15) is 55.4 Å². The van der Waals surface area contributed by atoms with E-state index in [1.54, 1.807) is 6.20 Å². The van der Waals surface area contributed by atoms with E-state index in [2.05, 4.69) is 30.5 Å². The molecule has 1 spiro atoms. The molecule has 4 heterocycles. The normalized spacial score (nSPS) is 24.0. The van der Waals surface area contributed by atoms with E-state index in [0.29, 0.717) is 24.6 Å². The minimum Gasteiger partial charge on any atom is -0.348 e. The molecule has 146 valence electrons. The molecule has 1 atom stereocenters. The number of carbonyl (C=O) groups excluding carboxylic acids is 3. The first kappa shape index (κ1) is 17.2. The van der Waals surface area contributed by atoms with Gasteiger partial charge in [0.2, 0.25) is 17.8 Å². The van der Waals surface area contributed by atoms with Crippen LogP contribution >= 0.6 is 0 Å². The molecule has 3 N–H and O–H groups in total. The lowest BCUT2D eigenvalue weighted by atomic mass is 9.80. The molecule has 5 rings (SSSR count). The minimum atomic E-state index is -0.544. The summed E-state index contributed by atoms with van der Waals surface area (Å²) in [6.45, 7) is 0.614. The van der Waals surface area contributed by atoms with Gasteiger partial charge in [-0.3, -0.25) is 19.7 Å². The van der Waals surface area contributed by atoms with Gasteiger partial charge in [-0.25, -0.2) is 4.98 Å². The fraction of sp³-hybridized carbons (Fsp3) is 0.526. The summed E-state index contributed by atoms with van der Waals surface area (Å²) in [4.78, 5) is 44.9. The maximum absolute atomic E-state index is 12.5. The first-order valence-corrected chi connectivity index (χ1v) is 9.83. The van der Waals surface area contributed by atoms with Gasteiger partial charge in [0.05, 0.1) is 5.54 Å². The first-order chi connectivity index (χ1) is 13.6. The molecule has 9 heteroatoms. The zero-order chi connectivity index (χ0) is 19.3. The molecular weight excluding hydrogens is 360 g/mol. The van der Waals surface area contributed by atoms with Gasteiger partial charge in [0.1, 0.15) is 17.4 Å². The smallest absolute Gasteiger partial charge is 0.268 e. The Labute approximate surface area is 161 Å². The molecule has 0 radical (unpaired) electrons. The molecule has 1 saturated heterocycles. The summed E-state index contributed by atoms with van der Waals surface area (Å²) in [5, 5.41) is 9.22. The zero-order valence-corrected chi connectivity index (χ0v) is 15.5. The van der Waals surface area contributed by atoms with Crippen LogP contribution in [0.25, 0.3) is 11.0 Å². The predicted molar refractivity (Wildman–Crippen MR) is 101 cm³/mol. The average Bonchev–Trinajstić information content (AvgIpc) is 3.09. The SMILES string of the molecule is O=C1CC[C@H](Nc2ncc3cc4n(c3n2)C2(CCCCC2)CNC4=O)C(=O)N1. The molecule has 0 bridgehead atoms. The summed E-state index contributed by atoms with van der Waals surface area (Å²) in [5.41, 5.74) is 1.19. The third kappa shape index (κ3) is 2.64. The van der Waals surface area contributed by atoms with E-state index < -0.39 is 6.04 Å². The van der Waals surface area contributed by atoms with Crippen molar-refractivity contribution in [1.29, 1.82) is 0 Å². The molecule has 2 aromatic rings. The Morgan fingerprint density at radius 3 is 2.79 bits per heavy atom. The number of piperidine rings is 1. The lowest BCUT2D eigenvalue weighted by Gasteiger charge is -2.42. The molecule has 2 aliphatic heterocycles. The molecule has 28 heavy (non-hydrogen) atoms. The number of fused-ring (bicyclic) bond motifs is 4. The maximum atomic E-state index is 12.5. The number of nitrogens with one attached hydrogen (secondary N) is 3. The van der Waals surface area contributed by atoms with Crippen molar-refractivity contribution in [2.24, 2.45) is 0 Å². The van der Waals surface area contributed by atoms with Crippen LogP contribution in [0.3, 0.4) is 0 Å². The summed E-state index contributed by atoms with van der Waals surface area (Å²) in [6, 6.07) is 1.30.